The normalized spacial score (nSPS) is 12.5. The van der Waals surface area contributed by atoms with Gasteiger partial charge in [-0.3, -0.25) is 20.6 Å². The van der Waals surface area contributed by atoms with Crippen LogP contribution < -0.4 is 15.6 Å². The molecule has 3 rings (SSSR count). The van der Waals surface area contributed by atoms with Crippen molar-refractivity contribution in [2.75, 3.05) is 7.11 Å². The molecule has 1 aliphatic carbocycles. The van der Waals surface area contributed by atoms with E-state index in [1.54, 1.807) is 36.5 Å². The Bertz CT molecular complexity index is 751. The lowest BCUT2D eigenvalue weighted by atomic mass is 10.1. The smallest absolute Gasteiger partial charge is 0.271 e. The fourth-order valence-electron chi connectivity index (χ4n) is 2.24. The minimum atomic E-state index is -0.292. The first-order valence-electron chi connectivity index (χ1n) is 7.25. The van der Waals surface area contributed by atoms with E-state index in [4.69, 9.17) is 4.74 Å². The first-order valence-corrected chi connectivity index (χ1v) is 7.25. The van der Waals surface area contributed by atoms with E-state index in [1.807, 2.05) is 0 Å². The molecule has 0 aliphatic heterocycles. The first-order chi connectivity index (χ1) is 11.2. The summed E-state index contributed by atoms with van der Waals surface area (Å²) in [5.41, 5.74) is 8.47. The van der Waals surface area contributed by atoms with E-state index < -0.39 is 0 Å². The average molecular weight is 311 g/mol. The second-order valence-electron chi connectivity index (χ2n) is 5.16. The summed E-state index contributed by atoms with van der Waals surface area (Å²) in [6.45, 7) is 0. The second kappa shape index (κ2) is 6.39. The Morgan fingerprint density at radius 2 is 2.04 bits per heavy atom. The van der Waals surface area contributed by atoms with Gasteiger partial charge in [0, 0.05) is 18.0 Å². The molecule has 1 heterocycles. The number of allylic oxidation sites excluding steroid dienone is 1. The number of aromatic hydroxyl groups is 1. The number of hydrogen-bond acceptors (Lipinski definition) is 5. The molecule has 0 spiro atoms. The van der Waals surface area contributed by atoms with E-state index in [0.29, 0.717) is 22.6 Å². The molecular weight excluding hydrogens is 294 g/mol. The molecule has 1 aromatic heterocycles. The number of ether oxygens (including phenoxy) is 1. The van der Waals surface area contributed by atoms with E-state index in [1.165, 1.54) is 13.3 Å². The van der Waals surface area contributed by atoms with Crippen molar-refractivity contribution in [2.45, 2.75) is 12.8 Å². The summed E-state index contributed by atoms with van der Waals surface area (Å²) in [6, 6.07) is 8.63. The Hall–Kier alpha value is -3.02. The van der Waals surface area contributed by atoms with Gasteiger partial charge in [0.2, 0.25) is 0 Å². The zero-order valence-electron chi connectivity index (χ0n) is 12.7. The van der Waals surface area contributed by atoms with Crippen molar-refractivity contribution in [3.63, 3.8) is 0 Å². The number of benzene rings is 1. The van der Waals surface area contributed by atoms with Crippen LogP contribution in [0.2, 0.25) is 0 Å². The number of para-hydroxylation sites is 1. The van der Waals surface area contributed by atoms with E-state index in [9.17, 15) is 9.90 Å². The topological polar surface area (TPSA) is 83.5 Å². The second-order valence-corrected chi connectivity index (χ2v) is 5.16. The standard InChI is InChI=1S/C17H17N3O3/c1-23-14-6-2-5-13(16(14)21)15(11-7-8-11)19-20-17(22)12-4-3-9-18-10-12/h2-6,9-10,19,21H,7-8H2,1H3,(H,20,22). The van der Waals surface area contributed by atoms with Crippen molar-refractivity contribution < 1.29 is 14.6 Å². The summed E-state index contributed by atoms with van der Waals surface area (Å²) < 4.78 is 5.13. The van der Waals surface area contributed by atoms with Gasteiger partial charge in [0.05, 0.1) is 18.4 Å². The lowest BCUT2D eigenvalue weighted by molar-refractivity contribution is 0.0942. The lowest BCUT2D eigenvalue weighted by Gasteiger charge is -2.15. The van der Waals surface area contributed by atoms with Gasteiger partial charge >= 0.3 is 0 Å². The van der Waals surface area contributed by atoms with Crippen LogP contribution in [-0.4, -0.2) is 23.1 Å². The molecule has 118 valence electrons. The number of aromatic nitrogens is 1. The SMILES string of the molecule is COc1cccc(C(NNC(=O)c2cccnc2)=C2CC2)c1O. The van der Waals surface area contributed by atoms with Crippen molar-refractivity contribution in [2.24, 2.45) is 0 Å². The van der Waals surface area contributed by atoms with Gasteiger partial charge in [-0.15, -0.1) is 0 Å². The zero-order valence-corrected chi connectivity index (χ0v) is 12.7. The highest BCUT2D eigenvalue weighted by Gasteiger charge is 2.23. The van der Waals surface area contributed by atoms with Gasteiger partial charge < -0.3 is 9.84 Å². The monoisotopic (exact) mass is 311 g/mol. The molecule has 6 heteroatoms. The van der Waals surface area contributed by atoms with Crippen LogP contribution >= 0.6 is 0 Å². The number of carbonyl (C=O) groups excluding carboxylic acids is 1. The first kappa shape index (κ1) is 14.9. The lowest BCUT2D eigenvalue weighted by Crippen LogP contribution is -2.36. The Kier molecular flexibility index (Phi) is 4.14. The maximum Gasteiger partial charge on any atom is 0.271 e. The van der Waals surface area contributed by atoms with E-state index in [0.717, 1.165) is 18.4 Å². The van der Waals surface area contributed by atoms with E-state index in [2.05, 4.69) is 15.8 Å². The molecule has 0 atom stereocenters. The molecule has 23 heavy (non-hydrogen) atoms. The maximum absolute atomic E-state index is 12.1. The van der Waals surface area contributed by atoms with Gasteiger partial charge in [-0.2, -0.15) is 0 Å². The van der Waals surface area contributed by atoms with Crippen LogP contribution in [0, 0.1) is 0 Å². The Morgan fingerprint density at radius 1 is 1.22 bits per heavy atom. The Labute approximate surface area is 133 Å². The van der Waals surface area contributed by atoms with Crippen molar-refractivity contribution in [3.05, 3.63) is 59.4 Å². The van der Waals surface area contributed by atoms with Crippen LogP contribution in [0.3, 0.4) is 0 Å². The maximum atomic E-state index is 12.1. The number of phenolic OH excluding ortho intramolecular Hbond substituents is 1. The molecule has 0 unspecified atom stereocenters. The van der Waals surface area contributed by atoms with Crippen LogP contribution in [0.4, 0.5) is 0 Å². The molecule has 0 radical (unpaired) electrons. The summed E-state index contributed by atoms with van der Waals surface area (Å²) in [4.78, 5) is 16.0. The predicted octanol–water partition coefficient (Wildman–Crippen LogP) is 2.24. The third kappa shape index (κ3) is 3.26. The van der Waals surface area contributed by atoms with Crippen LogP contribution in [0.25, 0.3) is 5.70 Å². The molecule has 1 aromatic carbocycles. The number of phenols is 1. The number of nitrogens with one attached hydrogen (secondary N) is 2. The van der Waals surface area contributed by atoms with Crippen molar-refractivity contribution in [3.8, 4) is 11.5 Å². The van der Waals surface area contributed by atoms with Gasteiger partial charge in [0.15, 0.2) is 11.5 Å². The molecule has 1 amide bonds. The highest BCUT2D eigenvalue weighted by molar-refractivity contribution is 5.94. The molecular formula is C17H17N3O3. The third-order valence-corrected chi connectivity index (χ3v) is 3.57. The number of carbonyl (C=O) groups is 1. The number of nitrogens with zero attached hydrogens (tertiary/aromatic N) is 1. The minimum Gasteiger partial charge on any atom is -0.504 e. The van der Waals surface area contributed by atoms with E-state index >= 15 is 0 Å². The van der Waals surface area contributed by atoms with Crippen LogP contribution in [-0.2, 0) is 0 Å². The number of pyridine rings is 1. The van der Waals surface area contributed by atoms with Crippen LogP contribution in [0.15, 0.2) is 48.3 Å². The summed E-state index contributed by atoms with van der Waals surface area (Å²) in [7, 11) is 1.50. The highest BCUT2D eigenvalue weighted by atomic mass is 16.5. The zero-order chi connectivity index (χ0) is 16.2. The number of hydrogen-bond donors (Lipinski definition) is 3. The van der Waals surface area contributed by atoms with Crippen molar-refractivity contribution in [1.29, 1.82) is 0 Å². The molecule has 1 aliphatic rings. The van der Waals surface area contributed by atoms with Crippen molar-refractivity contribution in [1.82, 2.24) is 15.8 Å². The fourth-order valence-corrected chi connectivity index (χ4v) is 2.24. The molecule has 2 aromatic rings. The van der Waals surface area contributed by atoms with Gasteiger partial charge in [0.25, 0.3) is 5.91 Å². The minimum absolute atomic E-state index is 0.0486. The summed E-state index contributed by atoms with van der Waals surface area (Å²) in [5.74, 6) is 0.147. The van der Waals surface area contributed by atoms with Gasteiger partial charge in [-0.25, -0.2) is 0 Å². The summed E-state index contributed by atoms with van der Waals surface area (Å²) >= 11 is 0. The van der Waals surface area contributed by atoms with Gasteiger partial charge in [0.1, 0.15) is 0 Å². The predicted molar refractivity (Wildman–Crippen MR) is 85.7 cm³/mol. The van der Waals surface area contributed by atoms with Crippen LogP contribution in [0.1, 0.15) is 28.8 Å². The number of hydrazine groups is 1. The molecule has 1 fully saturated rings. The summed E-state index contributed by atoms with van der Waals surface area (Å²) in [5, 5.41) is 10.3. The molecule has 0 bridgehead atoms. The molecule has 3 N–H and O–H groups in total. The Balaban J connectivity index is 1.80. The van der Waals surface area contributed by atoms with E-state index in [-0.39, 0.29) is 11.7 Å². The number of methoxy groups -OCH3 is 1. The number of amides is 1. The van der Waals surface area contributed by atoms with Crippen molar-refractivity contribution >= 4 is 11.6 Å². The molecule has 0 saturated heterocycles. The van der Waals surface area contributed by atoms with Crippen LogP contribution in [0.5, 0.6) is 11.5 Å². The highest BCUT2D eigenvalue weighted by Crippen LogP contribution is 2.40. The summed E-state index contributed by atoms with van der Waals surface area (Å²) in [6.07, 6.45) is 4.96. The fraction of sp³-hybridized carbons (Fsp3) is 0.176. The van der Waals surface area contributed by atoms with Gasteiger partial charge in [-0.05, 0) is 42.7 Å². The largest absolute Gasteiger partial charge is 0.504 e. The Morgan fingerprint density at radius 3 is 2.70 bits per heavy atom. The van der Waals surface area contributed by atoms with Gasteiger partial charge in [-0.1, -0.05) is 6.07 Å². The number of rotatable bonds is 5. The third-order valence-electron chi connectivity index (χ3n) is 3.57. The average Bonchev–Trinajstić information content (AvgIpc) is 3.42. The molecule has 6 nitrogen and oxygen atoms in total. The molecule has 1 saturated carbocycles. The quantitative estimate of drug-likeness (QED) is 0.738.